The molecule has 35 heavy (non-hydrogen) atoms. The summed E-state index contributed by atoms with van der Waals surface area (Å²) in [7, 11) is 0. The minimum Gasteiger partial charge on any atom is -0.458 e. The fourth-order valence-corrected chi connectivity index (χ4v) is 6.20. The molecule has 2 saturated carbocycles. The van der Waals surface area contributed by atoms with E-state index in [4.69, 9.17) is 9.47 Å². The zero-order chi connectivity index (χ0) is 25.7. The summed E-state index contributed by atoms with van der Waals surface area (Å²) in [4.78, 5) is 38.6. The van der Waals surface area contributed by atoms with Crippen molar-refractivity contribution >= 4 is 17.7 Å². The van der Waals surface area contributed by atoms with Gasteiger partial charge in [0.15, 0.2) is 5.78 Å². The van der Waals surface area contributed by atoms with Crippen molar-refractivity contribution < 1.29 is 29.0 Å². The molecule has 0 bridgehead atoms. The van der Waals surface area contributed by atoms with Crippen molar-refractivity contribution in [2.75, 3.05) is 0 Å². The lowest BCUT2D eigenvalue weighted by atomic mass is 9.81. The fraction of sp³-hybridized carbons (Fsp3) is 0.552. The summed E-state index contributed by atoms with van der Waals surface area (Å²) in [6, 6.07) is 8.69. The molecule has 7 unspecified atom stereocenters. The van der Waals surface area contributed by atoms with E-state index in [1.54, 1.807) is 37.3 Å². The van der Waals surface area contributed by atoms with E-state index in [1.165, 1.54) is 6.92 Å². The number of rotatable bonds is 3. The average molecular weight is 481 g/mol. The maximum atomic E-state index is 13.7. The van der Waals surface area contributed by atoms with Crippen LogP contribution in [0.15, 0.2) is 53.6 Å². The molecule has 0 heterocycles. The molecule has 7 atom stereocenters. The van der Waals surface area contributed by atoms with Gasteiger partial charge in [-0.2, -0.15) is 0 Å². The fourth-order valence-electron chi connectivity index (χ4n) is 6.20. The zero-order valence-electron chi connectivity index (χ0n) is 21.4. The van der Waals surface area contributed by atoms with E-state index in [0.29, 0.717) is 17.6 Å². The standard InChI is InChI=1S/C29H36O6/c1-16-12-23-25(35-27(32)20-10-8-7-9-11-20)18(3)15-29(23,33)26(31)17(2)13-21-22(28(21,5)6)14-24(16)34-19(4)30/h7-13,18,21-25,33H,14-15H2,1-6H3/b16-12+,17-13+. The molecule has 2 fully saturated rings. The van der Waals surface area contributed by atoms with E-state index in [1.807, 2.05) is 26.0 Å². The van der Waals surface area contributed by atoms with Crippen LogP contribution in [-0.2, 0) is 19.1 Å². The van der Waals surface area contributed by atoms with Gasteiger partial charge in [-0.25, -0.2) is 4.79 Å². The van der Waals surface area contributed by atoms with Gasteiger partial charge in [0.1, 0.15) is 17.8 Å². The van der Waals surface area contributed by atoms with Crippen molar-refractivity contribution in [1.29, 1.82) is 0 Å². The molecule has 0 saturated heterocycles. The van der Waals surface area contributed by atoms with Crippen LogP contribution in [0, 0.1) is 29.1 Å². The first-order chi connectivity index (χ1) is 16.4. The van der Waals surface area contributed by atoms with Crippen LogP contribution in [0.1, 0.15) is 64.7 Å². The Bertz CT molecular complexity index is 1080. The predicted octanol–water partition coefficient (Wildman–Crippen LogP) is 4.67. The maximum Gasteiger partial charge on any atom is 0.338 e. The van der Waals surface area contributed by atoms with E-state index < -0.39 is 29.7 Å². The number of hydrogen-bond acceptors (Lipinski definition) is 6. The number of carbonyl (C=O) groups excluding carboxylic acids is 3. The highest BCUT2D eigenvalue weighted by atomic mass is 16.5. The quantitative estimate of drug-likeness (QED) is 0.500. The van der Waals surface area contributed by atoms with Crippen molar-refractivity contribution in [3.63, 3.8) is 0 Å². The maximum absolute atomic E-state index is 13.7. The third-order valence-electron chi connectivity index (χ3n) is 8.40. The van der Waals surface area contributed by atoms with E-state index in [-0.39, 0.29) is 41.3 Å². The van der Waals surface area contributed by atoms with Gasteiger partial charge in [0.05, 0.1) is 11.5 Å². The first-order valence-corrected chi connectivity index (χ1v) is 12.4. The summed E-state index contributed by atoms with van der Waals surface area (Å²) >= 11 is 0. The number of esters is 2. The van der Waals surface area contributed by atoms with Gasteiger partial charge in [-0.15, -0.1) is 0 Å². The summed E-state index contributed by atoms with van der Waals surface area (Å²) in [5.41, 5.74) is -0.0552. The topological polar surface area (TPSA) is 89.9 Å². The van der Waals surface area contributed by atoms with Crippen LogP contribution in [0.25, 0.3) is 0 Å². The molecule has 1 aromatic rings. The monoisotopic (exact) mass is 480 g/mol. The van der Waals surface area contributed by atoms with Crippen LogP contribution in [0.2, 0.25) is 0 Å². The minimum atomic E-state index is -1.72. The van der Waals surface area contributed by atoms with Crippen molar-refractivity contribution in [3.8, 4) is 0 Å². The molecule has 0 aromatic heterocycles. The van der Waals surface area contributed by atoms with Gasteiger partial charge in [-0.05, 0) is 73.1 Å². The van der Waals surface area contributed by atoms with Gasteiger partial charge < -0.3 is 14.6 Å². The predicted molar refractivity (Wildman–Crippen MR) is 131 cm³/mol. The van der Waals surface area contributed by atoms with Gasteiger partial charge in [0, 0.05) is 6.92 Å². The second-order valence-electron chi connectivity index (χ2n) is 11.2. The Morgan fingerprint density at radius 1 is 1.03 bits per heavy atom. The molecule has 0 radical (unpaired) electrons. The Labute approximate surface area is 207 Å². The minimum absolute atomic E-state index is 0.0296. The molecule has 6 heteroatoms. The molecule has 3 aliphatic carbocycles. The highest BCUT2D eigenvalue weighted by Crippen LogP contribution is 2.62. The molecule has 6 nitrogen and oxygen atoms in total. The van der Waals surface area contributed by atoms with Gasteiger partial charge in [-0.3, -0.25) is 9.59 Å². The molecule has 0 aliphatic heterocycles. The van der Waals surface area contributed by atoms with E-state index in [2.05, 4.69) is 13.8 Å². The zero-order valence-corrected chi connectivity index (χ0v) is 21.4. The van der Waals surface area contributed by atoms with Gasteiger partial charge in [0.2, 0.25) is 0 Å². The van der Waals surface area contributed by atoms with Crippen molar-refractivity contribution in [2.24, 2.45) is 29.1 Å². The number of hydrogen-bond donors (Lipinski definition) is 1. The highest BCUT2D eigenvalue weighted by Gasteiger charge is 2.60. The summed E-state index contributed by atoms with van der Waals surface area (Å²) in [6.45, 7) is 11.2. The van der Waals surface area contributed by atoms with Gasteiger partial charge in [-0.1, -0.05) is 51.1 Å². The number of allylic oxidation sites excluding steroid dienone is 1. The Balaban J connectivity index is 1.76. The van der Waals surface area contributed by atoms with Gasteiger partial charge >= 0.3 is 11.9 Å². The van der Waals surface area contributed by atoms with Crippen LogP contribution in [0.5, 0.6) is 0 Å². The number of carbonyl (C=O) groups is 3. The Kier molecular flexibility index (Phi) is 6.56. The number of benzene rings is 1. The molecule has 3 aliphatic rings. The Morgan fingerprint density at radius 3 is 2.31 bits per heavy atom. The molecule has 0 spiro atoms. The van der Waals surface area contributed by atoms with Gasteiger partial charge in [0.25, 0.3) is 0 Å². The molecule has 4 rings (SSSR count). The molecule has 1 aromatic carbocycles. The van der Waals surface area contributed by atoms with E-state index in [0.717, 1.165) is 5.57 Å². The van der Waals surface area contributed by atoms with Crippen molar-refractivity contribution in [3.05, 3.63) is 59.2 Å². The van der Waals surface area contributed by atoms with E-state index in [9.17, 15) is 19.5 Å². The Hall–Kier alpha value is -2.73. The highest BCUT2D eigenvalue weighted by molar-refractivity contribution is 6.02. The second-order valence-corrected chi connectivity index (χ2v) is 11.2. The molecule has 188 valence electrons. The number of aliphatic hydroxyl groups is 1. The number of ether oxygens (including phenoxy) is 2. The first-order valence-electron chi connectivity index (χ1n) is 12.4. The van der Waals surface area contributed by atoms with E-state index >= 15 is 0 Å². The van der Waals surface area contributed by atoms with Crippen LogP contribution < -0.4 is 0 Å². The summed E-state index contributed by atoms with van der Waals surface area (Å²) < 4.78 is 11.6. The molecule has 0 amide bonds. The lowest BCUT2D eigenvalue weighted by molar-refractivity contribution is -0.145. The number of fused-ring (bicyclic) bond motifs is 2. The Morgan fingerprint density at radius 2 is 1.69 bits per heavy atom. The first kappa shape index (κ1) is 25.4. The van der Waals surface area contributed by atoms with Crippen LogP contribution in [0.4, 0.5) is 0 Å². The summed E-state index contributed by atoms with van der Waals surface area (Å²) in [5.74, 6) is -1.81. The molecule has 1 N–H and O–H groups in total. The third kappa shape index (κ3) is 4.61. The normalized spacial score (nSPS) is 39.0. The summed E-state index contributed by atoms with van der Waals surface area (Å²) in [5, 5.41) is 11.9. The molecular formula is C29H36O6. The van der Waals surface area contributed by atoms with Crippen LogP contribution >= 0.6 is 0 Å². The van der Waals surface area contributed by atoms with Crippen LogP contribution in [0.3, 0.4) is 0 Å². The average Bonchev–Trinajstić information content (AvgIpc) is 3.20. The number of Topliss-reactive ketones (excluding diaryl/α,β-unsaturated/α-hetero) is 1. The molecular weight excluding hydrogens is 444 g/mol. The largest absolute Gasteiger partial charge is 0.458 e. The second kappa shape index (κ2) is 9.05. The van der Waals surface area contributed by atoms with Crippen molar-refractivity contribution in [1.82, 2.24) is 0 Å². The third-order valence-corrected chi connectivity index (χ3v) is 8.40. The van der Waals surface area contributed by atoms with Crippen LogP contribution in [-0.4, -0.2) is 40.6 Å². The van der Waals surface area contributed by atoms with Crippen molar-refractivity contribution in [2.45, 2.75) is 72.2 Å². The SMILES string of the molecule is CC(=O)OC1CC2C(/C=C(\C)C(=O)C3(O)CC(C)C(OC(=O)c4ccccc4)C3/C=C/1C)C2(C)C. The smallest absolute Gasteiger partial charge is 0.338 e. The summed E-state index contributed by atoms with van der Waals surface area (Å²) in [6.07, 6.45) is 3.40. The lowest BCUT2D eigenvalue weighted by Crippen LogP contribution is -2.45. The lowest BCUT2D eigenvalue weighted by Gasteiger charge is -2.31. The number of ketones is 1.